The molecule has 2 nitrogen and oxygen atoms in total. The van der Waals surface area contributed by atoms with E-state index >= 15 is 0 Å². The molecule has 4 aromatic carbocycles. The molecule has 4 rings (SSSR count). The molecule has 0 aliphatic rings. The van der Waals surface area contributed by atoms with Crippen LogP contribution in [0.15, 0.2) is 126 Å². The Morgan fingerprint density at radius 2 is 1.00 bits per heavy atom. The van der Waals surface area contributed by atoms with Gasteiger partial charge in [-0.05, 0) is 11.1 Å². The van der Waals surface area contributed by atoms with Gasteiger partial charge in [0.15, 0.2) is 0 Å². The fraction of sp³-hybridized carbons (Fsp3) is 0.0400. The third-order valence-corrected chi connectivity index (χ3v) is 3.41. The SMILES string of the molecule is C[N-]N=C(c1ccccc1)c1ccccc1.[CH3-].[Zr].c1cc[cH-]c1.c1cc[cH-]c1. The molecule has 0 fully saturated rings. The monoisotopic (exact) mass is 444 g/mol. The van der Waals surface area contributed by atoms with Crippen LogP contribution in [0, 0.1) is 7.43 Å². The molecule has 0 N–H and O–H groups in total. The molecule has 0 spiro atoms. The Morgan fingerprint density at radius 3 is 1.25 bits per heavy atom. The first kappa shape index (κ1) is 25.5. The minimum atomic E-state index is 0. The van der Waals surface area contributed by atoms with Gasteiger partial charge in [0, 0.05) is 26.2 Å². The van der Waals surface area contributed by atoms with Crippen LogP contribution in [-0.2, 0) is 26.2 Å². The van der Waals surface area contributed by atoms with E-state index in [1.165, 1.54) is 0 Å². The van der Waals surface area contributed by atoms with Crippen molar-refractivity contribution in [3.05, 3.63) is 145 Å². The fourth-order valence-corrected chi connectivity index (χ4v) is 2.22. The van der Waals surface area contributed by atoms with Crippen LogP contribution in [0.25, 0.3) is 5.43 Å². The third-order valence-electron chi connectivity index (χ3n) is 3.41. The maximum Gasteiger partial charge on any atom is 0.0556 e. The zero-order chi connectivity index (χ0) is 18.3. The molecule has 144 valence electrons. The smallest absolute Gasteiger partial charge is 0.0556 e. The molecular formula is C25H26N2Zr-4. The summed E-state index contributed by atoms with van der Waals surface area (Å²) in [6.07, 6.45) is 0. The molecule has 0 heterocycles. The largest absolute Gasteiger partial charge is 0.604 e. The van der Waals surface area contributed by atoms with Crippen LogP contribution < -0.4 is 0 Å². The molecule has 0 saturated carbocycles. The van der Waals surface area contributed by atoms with E-state index in [2.05, 4.69) is 10.5 Å². The van der Waals surface area contributed by atoms with E-state index in [4.69, 9.17) is 0 Å². The van der Waals surface area contributed by atoms with E-state index in [1.807, 2.05) is 121 Å². The molecule has 0 aliphatic heterocycles. The van der Waals surface area contributed by atoms with Crippen molar-refractivity contribution in [3.8, 4) is 0 Å². The van der Waals surface area contributed by atoms with Crippen molar-refractivity contribution in [3.63, 3.8) is 0 Å². The maximum absolute atomic E-state index is 4.21. The van der Waals surface area contributed by atoms with E-state index in [9.17, 15) is 0 Å². The Labute approximate surface area is 188 Å². The first-order valence-corrected chi connectivity index (χ1v) is 8.53. The van der Waals surface area contributed by atoms with Crippen molar-refractivity contribution in [2.45, 2.75) is 0 Å². The van der Waals surface area contributed by atoms with Gasteiger partial charge >= 0.3 is 0 Å². The zero-order valence-electron chi connectivity index (χ0n) is 16.4. The second kappa shape index (κ2) is 16.7. The van der Waals surface area contributed by atoms with Crippen molar-refractivity contribution in [1.82, 2.24) is 0 Å². The predicted molar refractivity (Wildman–Crippen MR) is 118 cm³/mol. The Kier molecular flexibility index (Phi) is 15.2. The van der Waals surface area contributed by atoms with Gasteiger partial charge in [-0.1, -0.05) is 60.7 Å². The molecule has 3 heteroatoms. The second-order valence-electron chi connectivity index (χ2n) is 5.31. The predicted octanol–water partition coefficient (Wildman–Crippen LogP) is 6.70. The number of hydrogen-bond donors (Lipinski definition) is 0. The van der Waals surface area contributed by atoms with E-state index in [-0.39, 0.29) is 33.6 Å². The van der Waals surface area contributed by atoms with E-state index in [1.54, 1.807) is 7.05 Å². The van der Waals surface area contributed by atoms with Crippen LogP contribution in [0.4, 0.5) is 0 Å². The van der Waals surface area contributed by atoms with Crippen molar-refractivity contribution < 1.29 is 26.2 Å². The summed E-state index contributed by atoms with van der Waals surface area (Å²) < 4.78 is 0. The molecule has 0 saturated heterocycles. The van der Waals surface area contributed by atoms with Gasteiger partial charge in [0.1, 0.15) is 0 Å². The number of nitrogens with zero attached hydrogens (tertiary/aromatic N) is 2. The molecule has 0 bridgehead atoms. The van der Waals surface area contributed by atoms with Crippen LogP contribution in [0.2, 0.25) is 0 Å². The molecule has 28 heavy (non-hydrogen) atoms. The Morgan fingerprint density at radius 1 is 0.643 bits per heavy atom. The van der Waals surface area contributed by atoms with Gasteiger partial charge in [-0.3, -0.25) is 0 Å². The first-order valence-electron chi connectivity index (χ1n) is 8.53. The minimum absolute atomic E-state index is 0. The summed E-state index contributed by atoms with van der Waals surface area (Å²) in [6, 6.07) is 40.2. The summed E-state index contributed by atoms with van der Waals surface area (Å²) in [4.78, 5) is 0. The number of hydrogen-bond acceptors (Lipinski definition) is 1. The molecule has 0 atom stereocenters. The molecule has 0 unspecified atom stereocenters. The normalized spacial score (nSPS) is 8.32. The fourth-order valence-electron chi connectivity index (χ4n) is 2.22. The molecule has 0 aliphatic carbocycles. The van der Waals surface area contributed by atoms with Gasteiger partial charge in [-0.15, -0.1) is 7.05 Å². The van der Waals surface area contributed by atoms with Crippen LogP contribution in [0.5, 0.6) is 0 Å². The van der Waals surface area contributed by atoms with Crippen molar-refractivity contribution in [2.24, 2.45) is 5.10 Å². The quantitative estimate of drug-likeness (QED) is 0.190. The van der Waals surface area contributed by atoms with Crippen molar-refractivity contribution in [1.29, 1.82) is 0 Å². The Bertz CT molecular complexity index is 703. The average Bonchev–Trinajstić information content (AvgIpc) is 3.46. The van der Waals surface area contributed by atoms with Gasteiger partial charge in [0.05, 0.1) is 5.71 Å². The van der Waals surface area contributed by atoms with Crippen LogP contribution in [0.1, 0.15) is 11.1 Å². The van der Waals surface area contributed by atoms with Crippen molar-refractivity contribution in [2.75, 3.05) is 7.05 Å². The summed E-state index contributed by atoms with van der Waals surface area (Å²) in [6.45, 7) is 0. The third kappa shape index (κ3) is 9.99. The molecule has 4 aromatic rings. The first-order chi connectivity index (χ1) is 12.9. The minimum Gasteiger partial charge on any atom is -0.604 e. The van der Waals surface area contributed by atoms with Gasteiger partial charge in [-0.25, -0.2) is 24.3 Å². The maximum atomic E-state index is 4.21. The van der Waals surface area contributed by atoms with Crippen LogP contribution in [0.3, 0.4) is 0 Å². The molecule has 0 aromatic heterocycles. The summed E-state index contributed by atoms with van der Waals surface area (Å²) in [5, 5.41) is 4.21. The summed E-state index contributed by atoms with van der Waals surface area (Å²) in [5.74, 6) is 0. The molecular weight excluding hydrogens is 420 g/mol. The molecule has 0 amide bonds. The summed E-state index contributed by atoms with van der Waals surface area (Å²) >= 11 is 0. The van der Waals surface area contributed by atoms with Crippen LogP contribution in [-0.4, -0.2) is 12.8 Å². The summed E-state index contributed by atoms with van der Waals surface area (Å²) in [7, 11) is 1.69. The van der Waals surface area contributed by atoms with E-state index < -0.39 is 0 Å². The topological polar surface area (TPSA) is 26.5 Å². The van der Waals surface area contributed by atoms with Gasteiger partial charge in [0.2, 0.25) is 0 Å². The number of rotatable bonds is 3. The van der Waals surface area contributed by atoms with Gasteiger partial charge in [-0.2, -0.15) is 36.4 Å². The number of benzene rings is 2. The standard InChI is InChI=1S/C14H13N2.2C5H5.CH3.Zr/c1-15-16-14(12-8-4-2-5-9-12)13-10-6-3-7-11-13;2*1-2-4-5-3-1;;/h2-11H,1H3;2*1-5H;1H3;/q4*-1;. The summed E-state index contributed by atoms with van der Waals surface area (Å²) in [5.41, 5.74) is 6.95. The van der Waals surface area contributed by atoms with E-state index in [0.29, 0.717) is 0 Å². The Balaban J connectivity index is 0.000000500. The average molecular weight is 446 g/mol. The Hall–Kier alpha value is -2.51. The second-order valence-corrected chi connectivity index (χ2v) is 5.31. The van der Waals surface area contributed by atoms with Gasteiger partial charge in [0.25, 0.3) is 0 Å². The van der Waals surface area contributed by atoms with Crippen molar-refractivity contribution >= 4 is 5.71 Å². The molecule has 0 radical (unpaired) electrons. The van der Waals surface area contributed by atoms with Gasteiger partial charge < -0.3 is 18.0 Å². The van der Waals surface area contributed by atoms with E-state index in [0.717, 1.165) is 16.8 Å². The zero-order valence-corrected chi connectivity index (χ0v) is 18.9. The van der Waals surface area contributed by atoms with Crippen LogP contribution >= 0.6 is 0 Å².